The minimum absolute atomic E-state index is 0.360. The minimum atomic E-state index is -0.699. The molecular weight excluding hydrogens is 313 g/mol. The van der Waals surface area contributed by atoms with Gasteiger partial charge in [-0.25, -0.2) is 0 Å². The fourth-order valence-electron chi connectivity index (χ4n) is 1.98. The molecule has 0 saturated heterocycles. The van der Waals surface area contributed by atoms with Crippen LogP contribution in [-0.2, 0) is 16.0 Å². The molecule has 3 N–H and O–H groups in total. The first-order valence-corrected chi connectivity index (χ1v) is 7.64. The van der Waals surface area contributed by atoms with Crippen LogP contribution in [0.4, 0.5) is 5.69 Å². The van der Waals surface area contributed by atoms with E-state index in [1.165, 1.54) is 0 Å². The van der Waals surface area contributed by atoms with Crippen molar-refractivity contribution in [2.75, 3.05) is 29.7 Å². The Hall–Kier alpha value is -1.46. The quantitative estimate of drug-likeness (QED) is 0.498. The Labute approximate surface area is 134 Å². The molecule has 2 amide bonds. The summed E-state index contributed by atoms with van der Waals surface area (Å²) in [6.07, 6.45) is 0.839. The summed E-state index contributed by atoms with van der Waals surface area (Å²) in [4.78, 5) is 23.7. The normalized spacial score (nSPS) is 11.7. The summed E-state index contributed by atoms with van der Waals surface area (Å²) >= 11 is 11.5. The molecule has 0 radical (unpaired) electrons. The molecule has 1 rings (SSSR count). The molecule has 0 spiro atoms. The highest BCUT2D eigenvalue weighted by molar-refractivity contribution is 6.18. The predicted molar refractivity (Wildman–Crippen MR) is 86.0 cm³/mol. The highest BCUT2D eigenvalue weighted by atomic mass is 35.5. The van der Waals surface area contributed by atoms with E-state index in [-0.39, 0.29) is 0 Å². The van der Waals surface area contributed by atoms with Crippen LogP contribution < -0.4 is 16.0 Å². The minimum Gasteiger partial charge on any atom is -0.369 e. The standard InChI is InChI=1S/C14H19Cl2N3O2/c15-5-7-19(8-6-16)12-3-1-11(2-4-12)9-13(14(17)21)18-10-20/h1-4,10,13H,5-9H2,(H2,17,21)(H,18,20)/t13-/m1/s1. The Morgan fingerprint density at radius 1 is 1.24 bits per heavy atom. The van der Waals surface area contributed by atoms with Crippen molar-refractivity contribution in [3.05, 3.63) is 29.8 Å². The molecule has 0 saturated carbocycles. The molecule has 1 atom stereocenters. The predicted octanol–water partition coefficient (Wildman–Crippen LogP) is 1.11. The summed E-state index contributed by atoms with van der Waals surface area (Å²) in [6.45, 7) is 1.43. The third-order valence-corrected chi connectivity index (χ3v) is 3.40. The van der Waals surface area contributed by atoms with Gasteiger partial charge < -0.3 is 16.0 Å². The van der Waals surface area contributed by atoms with Gasteiger partial charge in [0.1, 0.15) is 6.04 Å². The summed E-state index contributed by atoms with van der Waals surface area (Å²) in [6, 6.07) is 6.97. The van der Waals surface area contributed by atoms with Crippen LogP contribution in [0.3, 0.4) is 0 Å². The molecule has 1 aromatic carbocycles. The molecule has 0 fully saturated rings. The van der Waals surface area contributed by atoms with E-state index in [0.29, 0.717) is 37.7 Å². The maximum absolute atomic E-state index is 11.2. The van der Waals surface area contributed by atoms with E-state index in [1.54, 1.807) is 0 Å². The van der Waals surface area contributed by atoms with Crippen LogP contribution in [0.15, 0.2) is 24.3 Å². The number of hydrogen-bond acceptors (Lipinski definition) is 3. The first kappa shape index (κ1) is 17.6. The number of nitrogens with zero attached hydrogens (tertiary/aromatic N) is 1. The van der Waals surface area contributed by atoms with E-state index in [2.05, 4.69) is 10.2 Å². The number of primary amides is 1. The van der Waals surface area contributed by atoms with Crippen molar-refractivity contribution in [1.82, 2.24) is 5.32 Å². The highest BCUT2D eigenvalue weighted by Gasteiger charge is 2.14. The first-order valence-electron chi connectivity index (χ1n) is 6.57. The zero-order valence-corrected chi connectivity index (χ0v) is 13.1. The summed E-state index contributed by atoms with van der Waals surface area (Å²) in [5.74, 6) is 0.481. The van der Waals surface area contributed by atoms with Gasteiger partial charge in [-0.05, 0) is 17.7 Å². The lowest BCUT2D eigenvalue weighted by atomic mass is 10.0. The summed E-state index contributed by atoms with van der Waals surface area (Å²) in [5.41, 5.74) is 7.15. The Bertz CT molecular complexity index is 448. The highest BCUT2D eigenvalue weighted by Crippen LogP contribution is 2.16. The van der Waals surface area contributed by atoms with Gasteiger partial charge in [0.25, 0.3) is 0 Å². The third kappa shape index (κ3) is 5.81. The molecule has 0 heterocycles. The number of hydrogen-bond donors (Lipinski definition) is 2. The van der Waals surface area contributed by atoms with E-state index in [9.17, 15) is 9.59 Å². The Morgan fingerprint density at radius 2 is 1.81 bits per heavy atom. The van der Waals surface area contributed by atoms with Crippen LogP contribution in [0.5, 0.6) is 0 Å². The van der Waals surface area contributed by atoms with Crippen LogP contribution in [0.2, 0.25) is 0 Å². The zero-order valence-electron chi connectivity index (χ0n) is 11.6. The van der Waals surface area contributed by atoms with Gasteiger partial charge in [-0.1, -0.05) is 12.1 Å². The molecule has 0 aliphatic rings. The van der Waals surface area contributed by atoms with E-state index >= 15 is 0 Å². The molecule has 21 heavy (non-hydrogen) atoms. The molecule has 5 nitrogen and oxygen atoms in total. The number of benzene rings is 1. The number of amides is 2. The molecule has 0 aliphatic carbocycles. The Morgan fingerprint density at radius 3 is 2.24 bits per heavy atom. The fourth-order valence-corrected chi connectivity index (χ4v) is 2.38. The first-order chi connectivity index (χ1) is 10.1. The topological polar surface area (TPSA) is 75.4 Å². The van der Waals surface area contributed by atoms with Gasteiger partial charge in [0.15, 0.2) is 0 Å². The molecule has 0 unspecified atom stereocenters. The second-order valence-corrected chi connectivity index (χ2v) is 5.23. The number of nitrogens with one attached hydrogen (secondary N) is 1. The molecule has 1 aromatic rings. The van der Waals surface area contributed by atoms with Gasteiger partial charge in [0, 0.05) is 37.0 Å². The van der Waals surface area contributed by atoms with Gasteiger partial charge in [-0.2, -0.15) is 0 Å². The van der Waals surface area contributed by atoms with Crippen molar-refractivity contribution in [2.45, 2.75) is 12.5 Å². The average Bonchev–Trinajstić information content (AvgIpc) is 2.47. The van der Waals surface area contributed by atoms with Gasteiger partial charge in [-0.15, -0.1) is 23.2 Å². The van der Waals surface area contributed by atoms with Gasteiger partial charge >= 0.3 is 0 Å². The molecule has 116 valence electrons. The Balaban J connectivity index is 2.75. The lowest BCUT2D eigenvalue weighted by Gasteiger charge is -2.23. The average molecular weight is 332 g/mol. The van der Waals surface area contributed by atoms with E-state index in [0.717, 1.165) is 11.3 Å². The van der Waals surface area contributed by atoms with Gasteiger partial charge in [0.2, 0.25) is 12.3 Å². The number of alkyl halides is 2. The van der Waals surface area contributed by atoms with Crippen LogP contribution in [-0.4, -0.2) is 43.2 Å². The van der Waals surface area contributed by atoms with Crippen molar-refractivity contribution in [3.8, 4) is 0 Å². The van der Waals surface area contributed by atoms with Crippen LogP contribution in [0.1, 0.15) is 5.56 Å². The second-order valence-electron chi connectivity index (χ2n) is 4.48. The number of nitrogens with two attached hydrogens (primary N) is 1. The lowest BCUT2D eigenvalue weighted by molar-refractivity contribution is -0.122. The zero-order chi connectivity index (χ0) is 15.7. The summed E-state index contributed by atoms with van der Waals surface area (Å²) in [5, 5.41) is 2.41. The summed E-state index contributed by atoms with van der Waals surface area (Å²) in [7, 11) is 0. The number of anilines is 1. The maximum Gasteiger partial charge on any atom is 0.240 e. The maximum atomic E-state index is 11.2. The molecule has 0 aliphatic heterocycles. The fraction of sp³-hybridized carbons (Fsp3) is 0.429. The Kier molecular flexibility index (Phi) is 7.93. The van der Waals surface area contributed by atoms with Crippen LogP contribution in [0.25, 0.3) is 0 Å². The van der Waals surface area contributed by atoms with E-state index < -0.39 is 11.9 Å². The number of carbonyl (C=O) groups excluding carboxylic acids is 2. The number of carbonyl (C=O) groups is 2. The smallest absolute Gasteiger partial charge is 0.240 e. The van der Waals surface area contributed by atoms with E-state index in [1.807, 2.05) is 24.3 Å². The molecular formula is C14H19Cl2N3O2. The number of rotatable bonds is 10. The third-order valence-electron chi connectivity index (χ3n) is 3.06. The largest absolute Gasteiger partial charge is 0.369 e. The van der Waals surface area contributed by atoms with Crippen LogP contribution in [0, 0.1) is 0 Å². The van der Waals surface area contributed by atoms with Crippen molar-refractivity contribution in [2.24, 2.45) is 5.73 Å². The number of halogens is 2. The molecule has 0 aromatic heterocycles. The van der Waals surface area contributed by atoms with Gasteiger partial charge in [-0.3, -0.25) is 9.59 Å². The van der Waals surface area contributed by atoms with E-state index in [4.69, 9.17) is 28.9 Å². The van der Waals surface area contributed by atoms with Crippen molar-refractivity contribution >= 4 is 41.2 Å². The molecule has 0 bridgehead atoms. The monoisotopic (exact) mass is 331 g/mol. The van der Waals surface area contributed by atoms with Crippen molar-refractivity contribution in [3.63, 3.8) is 0 Å². The summed E-state index contributed by atoms with van der Waals surface area (Å²) < 4.78 is 0. The van der Waals surface area contributed by atoms with Crippen LogP contribution >= 0.6 is 23.2 Å². The lowest BCUT2D eigenvalue weighted by Crippen LogP contribution is -2.42. The van der Waals surface area contributed by atoms with Crippen molar-refractivity contribution < 1.29 is 9.59 Å². The SMILES string of the molecule is NC(=O)[C@@H](Cc1ccc(N(CCCl)CCCl)cc1)NC=O. The second kappa shape index (κ2) is 9.47. The van der Waals surface area contributed by atoms with Gasteiger partial charge in [0.05, 0.1) is 0 Å². The molecule has 7 heteroatoms. The van der Waals surface area contributed by atoms with Crippen molar-refractivity contribution in [1.29, 1.82) is 0 Å².